The first kappa shape index (κ1) is 9.55. The molecule has 0 radical (unpaired) electrons. The summed E-state index contributed by atoms with van der Waals surface area (Å²) in [6.07, 6.45) is 4.64. The normalized spacial score (nSPS) is 43.8. The van der Waals surface area contributed by atoms with Gasteiger partial charge in [0.05, 0.1) is 0 Å². The van der Waals surface area contributed by atoms with E-state index < -0.39 is 0 Å². The van der Waals surface area contributed by atoms with Crippen molar-refractivity contribution in [3.05, 3.63) is 0 Å². The molecule has 2 saturated carbocycles. The molecule has 0 saturated heterocycles. The number of rotatable bonds is 3. The van der Waals surface area contributed by atoms with Gasteiger partial charge in [-0.15, -0.1) is 0 Å². The molecule has 0 aliphatic heterocycles. The zero-order chi connectivity index (χ0) is 9.59. The van der Waals surface area contributed by atoms with E-state index in [9.17, 15) is 0 Å². The van der Waals surface area contributed by atoms with Gasteiger partial charge in [0.15, 0.2) is 0 Å². The Hall–Kier alpha value is 0. The molecule has 0 aromatic heterocycles. The summed E-state index contributed by atoms with van der Waals surface area (Å²) in [4.78, 5) is 0. The van der Waals surface area contributed by atoms with Crippen LogP contribution in [0.1, 0.15) is 47.0 Å². The molecule has 0 heterocycles. The van der Waals surface area contributed by atoms with Gasteiger partial charge in [-0.3, -0.25) is 0 Å². The molecule has 2 aliphatic rings. The van der Waals surface area contributed by atoms with Gasteiger partial charge < -0.3 is 0 Å². The molecule has 0 heteroatoms. The maximum absolute atomic E-state index is 2.39. The van der Waals surface area contributed by atoms with Crippen molar-refractivity contribution in [2.75, 3.05) is 0 Å². The smallest absolute Gasteiger partial charge is 0.0352 e. The summed E-state index contributed by atoms with van der Waals surface area (Å²) in [5, 5.41) is 0. The Morgan fingerprint density at radius 1 is 0.846 bits per heavy atom. The van der Waals surface area contributed by atoms with Crippen molar-refractivity contribution in [1.29, 1.82) is 0 Å². The van der Waals surface area contributed by atoms with Gasteiger partial charge in [-0.1, -0.05) is 27.7 Å². The van der Waals surface area contributed by atoms with E-state index in [4.69, 9.17) is 0 Å². The summed E-state index contributed by atoms with van der Waals surface area (Å²) < 4.78 is 0. The van der Waals surface area contributed by atoms with E-state index in [1.807, 2.05) is 0 Å². The molecule has 76 valence electrons. The third-order valence-corrected chi connectivity index (χ3v) is 4.51. The fourth-order valence-electron chi connectivity index (χ4n) is 3.15. The van der Waals surface area contributed by atoms with Gasteiger partial charge in [-0.05, 0) is 54.8 Å². The van der Waals surface area contributed by atoms with Crippen molar-refractivity contribution in [3.63, 3.8) is 0 Å². The molecule has 0 aromatic carbocycles. The summed E-state index contributed by atoms with van der Waals surface area (Å²) >= 11 is 0. The second-order valence-corrected chi connectivity index (χ2v) is 6.04. The zero-order valence-electron chi connectivity index (χ0n) is 9.59. The first-order valence-corrected chi connectivity index (χ1v) is 6.09. The molecule has 0 amide bonds. The largest absolute Gasteiger partial charge is 0.0625 e. The molecule has 2 unspecified atom stereocenters. The van der Waals surface area contributed by atoms with E-state index in [1.54, 1.807) is 19.3 Å². The average Bonchev–Trinajstić information content (AvgIpc) is 2.62. The lowest BCUT2D eigenvalue weighted by atomic mass is 9.67. The molecule has 0 aromatic rings. The van der Waals surface area contributed by atoms with Crippen LogP contribution in [-0.4, -0.2) is 0 Å². The average molecular weight is 180 g/mol. The van der Waals surface area contributed by atoms with Crippen molar-refractivity contribution in [3.8, 4) is 0 Å². The maximum Gasteiger partial charge on any atom is -0.0352 e. The summed E-state index contributed by atoms with van der Waals surface area (Å²) in [6, 6.07) is 0. The Morgan fingerprint density at radius 2 is 1.46 bits per heavy atom. The Morgan fingerprint density at radius 3 is 1.85 bits per heavy atom. The molecule has 13 heavy (non-hydrogen) atoms. The predicted octanol–water partition coefficient (Wildman–Crippen LogP) is 3.96. The highest BCUT2D eigenvalue weighted by atomic mass is 14.5. The third-order valence-electron chi connectivity index (χ3n) is 4.51. The summed E-state index contributed by atoms with van der Waals surface area (Å²) in [5.74, 6) is 6.31. The molecular weight excluding hydrogens is 156 g/mol. The Kier molecular flexibility index (Phi) is 2.42. The minimum absolute atomic E-state index is 0.937. The van der Waals surface area contributed by atoms with Gasteiger partial charge in [0.1, 0.15) is 0 Å². The van der Waals surface area contributed by atoms with Crippen LogP contribution in [0.25, 0.3) is 0 Å². The van der Waals surface area contributed by atoms with Gasteiger partial charge in [0.25, 0.3) is 0 Å². The van der Waals surface area contributed by atoms with Crippen LogP contribution in [0.3, 0.4) is 0 Å². The quantitative estimate of drug-likeness (QED) is 0.616. The van der Waals surface area contributed by atoms with E-state index in [0.717, 1.165) is 35.5 Å². The van der Waals surface area contributed by atoms with Crippen LogP contribution in [0.2, 0.25) is 0 Å². The highest BCUT2D eigenvalue weighted by Gasteiger charge is 2.48. The minimum atomic E-state index is 0.937. The monoisotopic (exact) mass is 180 g/mol. The van der Waals surface area contributed by atoms with Crippen molar-refractivity contribution < 1.29 is 0 Å². The molecule has 2 aliphatic carbocycles. The zero-order valence-corrected chi connectivity index (χ0v) is 9.59. The van der Waals surface area contributed by atoms with E-state index in [1.165, 1.54) is 0 Å². The Balaban J connectivity index is 1.71. The Labute approximate surface area is 83.1 Å². The van der Waals surface area contributed by atoms with E-state index in [-0.39, 0.29) is 0 Å². The molecule has 2 fully saturated rings. The van der Waals surface area contributed by atoms with Gasteiger partial charge in [0, 0.05) is 0 Å². The molecule has 0 bridgehead atoms. The van der Waals surface area contributed by atoms with Crippen molar-refractivity contribution in [2.45, 2.75) is 47.0 Å². The van der Waals surface area contributed by atoms with Crippen LogP contribution in [-0.2, 0) is 0 Å². The molecule has 0 nitrogen and oxygen atoms in total. The molecule has 0 N–H and O–H groups in total. The van der Waals surface area contributed by atoms with Gasteiger partial charge >= 0.3 is 0 Å². The van der Waals surface area contributed by atoms with Crippen LogP contribution in [0.4, 0.5) is 0 Å². The lowest BCUT2D eigenvalue weighted by Crippen LogP contribution is -2.29. The minimum Gasteiger partial charge on any atom is -0.0625 e. The molecular formula is C13H24. The first-order valence-electron chi connectivity index (χ1n) is 6.09. The van der Waals surface area contributed by atoms with Crippen molar-refractivity contribution >= 4 is 0 Å². The van der Waals surface area contributed by atoms with Crippen LogP contribution in [0.5, 0.6) is 0 Å². The van der Waals surface area contributed by atoms with E-state index in [2.05, 4.69) is 27.7 Å². The molecule has 2 atom stereocenters. The summed E-state index contributed by atoms with van der Waals surface area (Å²) in [5.41, 5.74) is 0. The predicted molar refractivity (Wildman–Crippen MR) is 57.5 cm³/mol. The van der Waals surface area contributed by atoms with E-state index >= 15 is 0 Å². The summed E-state index contributed by atoms with van der Waals surface area (Å²) in [7, 11) is 0. The topological polar surface area (TPSA) is 0 Å². The first-order chi connectivity index (χ1) is 6.09. The van der Waals surface area contributed by atoms with Gasteiger partial charge in [0.2, 0.25) is 0 Å². The lowest BCUT2D eigenvalue weighted by Gasteiger charge is -2.39. The third kappa shape index (κ3) is 1.78. The molecule has 2 rings (SSSR count). The fraction of sp³-hybridized carbons (Fsp3) is 1.00. The van der Waals surface area contributed by atoms with Crippen LogP contribution in [0, 0.1) is 35.5 Å². The maximum atomic E-state index is 2.39. The van der Waals surface area contributed by atoms with E-state index in [0.29, 0.717) is 0 Å². The molecule has 0 spiro atoms. The van der Waals surface area contributed by atoms with Crippen LogP contribution < -0.4 is 0 Å². The highest BCUT2D eigenvalue weighted by molar-refractivity contribution is 4.98. The van der Waals surface area contributed by atoms with Crippen molar-refractivity contribution in [2.24, 2.45) is 35.5 Å². The lowest BCUT2D eigenvalue weighted by molar-refractivity contribution is 0.115. The van der Waals surface area contributed by atoms with Crippen LogP contribution >= 0.6 is 0 Å². The second-order valence-electron chi connectivity index (χ2n) is 6.04. The SMILES string of the molecule is CC(C)C1CC(C2CC2C(C)C)C1. The standard InChI is InChI=1S/C13H24/c1-8(2)10-5-11(6-10)13-7-12(13)9(3)4/h8-13H,5-7H2,1-4H3. The summed E-state index contributed by atoms with van der Waals surface area (Å²) in [6.45, 7) is 9.55. The highest BCUT2D eigenvalue weighted by Crippen LogP contribution is 2.57. The van der Waals surface area contributed by atoms with Gasteiger partial charge in [-0.2, -0.15) is 0 Å². The number of hydrogen-bond acceptors (Lipinski definition) is 0. The van der Waals surface area contributed by atoms with Gasteiger partial charge in [-0.25, -0.2) is 0 Å². The van der Waals surface area contributed by atoms with Crippen molar-refractivity contribution in [1.82, 2.24) is 0 Å². The Bertz CT molecular complexity index is 174. The second kappa shape index (κ2) is 3.29. The number of hydrogen-bond donors (Lipinski definition) is 0. The fourth-order valence-corrected chi connectivity index (χ4v) is 3.15. The van der Waals surface area contributed by atoms with Crippen LogP contribution in [0.15, 0.2) is 0 Å².